The van der Waals surface area contributed by atoms with E-state index in [-0.39, 0.29) is 17.3 Å². The van der Waals surface area contributed by atoms with E-state index >= 15 is 0 Å². The fourth-order valence-corrected chi connectivity index (χ4v) is 3.35. The van der Waals surface area contributed by atoms with Crippen molar-refractivity contribution >= 4 is 15.6 Å². The van der Waals surface area contributed by atoms with Crippen molar-refractivity contribution in [3.63, 3.8) is 0 Å². The Labute approximate surface area is 88.0 Å². The molecule has 0 N–H and O–H groups in total. The van der Waals surface area contributed by atoms with Gasteiger partial charge in [0, 0.05) is 26.0 Å². The molecular formula is C9H12N2O3S. The first kappa shape index (κ1) is 10.4. The fraction of sp³-hybridized carbons (Fsp3) is 0.556. The third kappa shape index (κ3) is 1.69. The summed E-state index contributed by atoms with van der Waals surface area (Å²) in [5.74, 6) is -0.0530. The lowest BCUT2D eigenvalue weighted by molar-refractivity contribution is 0.100. The molecule has 1 aliphatic heterocycles. The van der Waals surface area contributed by atoms with Gasteiger partial charge in [-0.15, -0.1) is 0 Å². The molecule has 0 atom stereocenters. The highest BCUT2D eigenvalue weighted by molar-refractivity contribution is 7.90. The van der Waals surface area contributed by atoms with E-state index in [1.165, 1.54) is 11.6 Å². The van der Waals surface area contributed by atoms with E-state index < -0.39 is 9.84 Å². The molecule has 2 heterocycles. The molecule has 1 aromatic heterocycles. The maximum Gasteiger partial charge on any atom is 0.178 e. The number of ketones is 1. The molecular weight excluding hydrogens is 216 g/mol. The first-order chi connectivity index (χ1) is 6.91. The number of aryl methyl sites for hydroxylation is 2. The van der Waals surface area contributed by atoms with Crippen LogP contribution >= 0.6 is 0 Å². The van der Waals surface area contributed by atoms with E-state index in [0.717, 1.165) is 5.69 Å². The number of carbonyl (C=O) groups is 1. The Morgan fingerprint density at radius 2 is 2.13 bits per heavy atom. The lowest BCUT2D eigenvalue weighted by atomic mass is 10.1. The molecule has 6 heteroatoms. The summed E-state index contributed by atoms with van der Waals surface area (Å²) in [5, 5.41) is 4.17. The number of fused-ring (bicyclic) bond motifs is 1. The van der Waals surface area contributed by atoms with Gasteiger partial charge in [-0.05, 0) is 0 Å². The van der Waals surface area contributed by atoms with Crippen LogP contribution in [0, 0.1) is 0 Å². The summed E-state index contributed by atoms with van der Waals surface area (Å²) in [4.78, 5) is 11.4. The zero-order valence-electron chi connectivity index (χ0n) is 8.65. The summed E-state index contributed by atoms with van der Waals surface area (Å²) in [7, 11) is -1.38. The van der Waals surface area contributed by atoms with Gasteiger partial charge in [-0.2, -0.15) is 5.10 Å². The predicted octanol–water partition coefficient (Wildman–Crippen LogP) is 0.0936. The summed E-state index contributed by atoms with van der Waals surface area (Å²) in [6.07, 6.45) is 0.415. The van der Waals surface area contributed by atoms with Crippen LogP contribution in [0.5, 0.6) is 0 Å². The molecule has 0 aliphatic carbocycles. The van der Waals surface area contributed by atoms with Crippen molar-refractivity contribution in [2.75, 3.05) is 5.75 Å². The Bertz CT molecular complexity index is 528. The van der Waals surface area contributed by atoms with Gasteiger partial charge in [0.15, 0.2) is 15.6 Å². The molecule has 0 amide bonds. The van der Waals surface area contributed by atoms with Crippen molar-refractivity contribution in [2.24, 2.45) is 7.05 Å². The molecule has 0 fully saturated rings. The molecule has 2 rings (SSSR count). The predicted molar refractivity (Wildman–Crippen MR) is 54.4 cm³/mol. The monoisotopic (exact) mass is 228 g/mol. The van der Waals surface area contributed by atoms with Crippen LogP contribution in [0.1, 0.15) is 28.7 Å². The molecule has 82 valence electrons. The van der Waals surface area contributed by atoms with Gasteiger partial charge in [0.05, 0.1) is 17.2 Å². The highest BCUT2D eigenvalue weighted by atomic mass is 32.2. The average molecular weight is 228 g/mol. The molecule has 0 bridgehead atoms. The van der Waals surface area contributed by atoms with Gasteiger partial charge in [0.1, 0.15) is 5.69 Å². The zero-order chi connectivity index (χ0) is 11.2. The molecule has 0 saturated carbocycles. The number of nitrogens with zero attached hydrogens (tertiary/aromatic N) is 2. The Kier molecular flexibility index (Phi) is 2.18. The second kappa shape index (κ2) is 3.16. The number of aromatic nitrogens is 2. The Morgan fingerprint density at radius 1 is 1.47 bits per heavy atom. The summed E-state index contributed by atoms with van der Waals surface area (Å²) in [6, 6.07) is 0. The molecule has 0 saturated heterocycles. The third-order valence-electron chi connectivity index (χ3n) is 2.58. The highest BCUT2D eigenvalue weighted by Crippen LogP contribution is 2.23. The van der Waals surface area contributed by atoms with Gasteiger partial charge in [0.25, 0.3) is 0 Å². The van der Waals surface area contributed by atoms with Crippen LogP contribution in [-0.2, 0) is 29.1 Å². The number of carbonyl (C=O) groups excluding carboxylic acids is 1. The van der Waals surface area contributed by atoms with Crippen LogP contribution < -0.4 is 0 Å². The lowest BCUT2D eigenvalue weighted by Gasteiger charge is -2.11. The minimum Gasteiger partial charge on any atom is -0.293 e. The van der Waals surface area contributed by atoms with Gasteiger partial charge in [-0.25, -0.2) is 8.42 Å². The van der Waals surface area contributed by atoms with E-state index in [0.29, 0.717) is 17.7 Å². The molecule has 5 nitrogen and oxygen atoms in total. The second-order valence-corrected chi connectivity index (χ2v) is 5.98. The lowest BCUT2D eigenvalue weighted by Crippen LogP contribution is -2.19. The van der Waals surface area contributed by atoms with Crippen LogP contribution in [0.15, 0.2) is 0 Å². The van der Waals surface area contributed by atoms with Crippen LogP contribution in [-0.4, -0.2) is 29.7 Å². The van der Waals surface area contributed by atoms with E-state index in [1.807, 2.05) is 0 Å². The van der Waals surface area contributed by atoms with Crippen LogP contribution in [0.4, 0.5) is 0 Å². The quantitative estimate of drug-likeness (QED) is 0.639. The number of rotatable bonds is 1. The van der Waals surface area contributed by atoms with Gasteiger partial charge in [0.2, 0.25) is 0 Å². The Hall–Kier alpha value is -1.17. The number of sulfone groups is 1. The second-order valence-electron chi connectivity index (χ2n) is 3.80. The SMILES string of the molecule is CC(=O)c1c2c(nn1C)CCS(=O)(=O)C2. The third-order valence-corrected chi connectivity index (χ3v) is 4.13. The van der Waals surface area contributed by atoms with Crippen LogP contribution in [0.25, 0.3) is 0 Å². The highest BCUT2D eigenvalue weighted by Gasteiger charge is 2.28. The molecule has 1 aromatic rings. The van der Waals surface area contributed by atoms with Crippen molar-refractivity contribution in [2.45, 2.75) is 19.1 Å². The van der Waals surface area contributed by atoms with E-state index in [9.17, 15) is 13.2 Å². The normalized spacial score (nSPS) is 18.5. The summed E-state index contributed by atoms with van der Waals surface area (Å²) in [5.41, 5.74) is 1.77. The number of Topliss-reactive ketones (excluding diaryl/α,β-unsaturated/α-hetero) is 1. The molecule has 0 radical (unpaired) electrons. The maximum atomic E-state index is 11.4. The summed E-state index contributed by atoms with van der Waals surface area (Å²) >= 11 is 0. The van der Waals surface area contributed by atoms with Crippen LogP contribution in [0.2, 0.25) is 0 Å². The van der Waals surface area contributed by atoms with E-state index in [1.54, 1.807) is 7.05 Å². The molecule has 0 aromatic carbocycles. The smallest absolute Gasteiger partial charge is 0.178 e. The molecule has 0 spiro atoms. The minimum atomic E-state index is -3.04. The Balaban J connectivity index is 2.61. The summed E-state index contributed by atoms with van der Waals surface area (Å²) in [6.45, 7) is 1.43. The number of hydrogen-bond donors (Lipinski definition) is 0. The maximum absolute atomic E-state index is 11.4. The molecule has 15 heavy (non-hydrogen) atoms. The standard InChI is InChI=1S/C9H12N2O3S/c1-6(12)9-7-5-15(13,14)4-3-8(7)10-11(9)2/h3-5H2,1-2H3. The molecule has 0 unspecified atom stereocenters. The van der Waals surface area contributed by atoms with Crippen molar-refractivity contribution in [1.29, 1.82) is 0 Å². The van der Waals surface area contributed by atoms with Gasteiger partial charge < -0.3 is 0 Å². The average Bonchev–Trinajstić information content (AvgIpc) is 2.38. The Morgan fingerprint density at radius 3 is 2.73 bits per heavy atom. The van der Waals surface area contributed by atoms with Gasteiger partial charge in [-0.3, -0.25) is 9.48 Å². The largest absolute Gasteiger partial charge is 0.293 e. The summed E-state index contributed by atoms with van der Waals surface area (Å²) < 4.78 is 24.4. The van der Waals surface area contributed by atoms with Crippen LogP contribution in [0.3, 0.4) is 0 Å². The van der Waals surface area contributed by atoms with Crippen molar-refractivity contribution in [3.8, 4) is 0 Å². The fourth-order valence-electron chi connectivity index (χ4n) is 1.96. The van der Waals surface area contributed by atoms with Crippen molar-refractivity contribution in [1.82, 2.24) is 9.78 Å². The first-order valence-corrected chi connectivity index (χ1v) is 6.49. The number of hydrogen-bond acceptors (Lipinski definition) is 4. The van der Waals surface area contributed by atoms with Gasteiger partial charge >= 0.3 is 0 Å². The van der Waals surface area contributed by atoms with Crippen molar-refractivity contribution in [3.05, 3.63) is 17.0 Å². The van der Waals surface area contributed by atoms with Gasteiger partial charge in [-0.1, -0.05) is 0 Å². The molecule has 1 aliphatic rings. The topological polar surface area (TPSA) is 69.0 Å². The zero-order valence-corrected chi connectivity index (χ0v) is 9.47. The van der Waals surface area contributed by atoms with E-state index in [4.69, 9.17) is 0 Å². The van der Waals surface area contributed by atoms with E-state index in [2.05, 4.69) is 5.10 Å². The first-order valence-electron chi connectivity index (χ1n) is 4.67. The van der Waals surface area contributed by atoms with Crippen molar-refractivity contribution < 1.29 is 13.2 Å². The minimum absolute atomic E-state index is 0.0505.